The lowest BCUT2D eigenvalue weighted by Gasteiger charge is -2.35. The summed E-state index contributed by atoms with van der Waals surface area (Å²) in [4.78, 5) is 41.3. The van der Waals surface area contributed by atoms with Crippen molar-refractivity contribution in [3.63, 3.8) is 0 Å². The van der Waals surface area contributed by atoms with Crippen LogP contribution in [-0.4, -0.2) is 35.8 Å². The third kappa shape index (κ3) is 4.06. The van der Waals surface area contributed by atoms with Crippen molar-refractivity contribution < 1.29 is 19.1 Å². The molecule has 6 nitrogen and oxygen atoms in total. The van der Waals surface area contributed by atoms with E-state index in [0.717, 1.165) is 29.2 Å². The van der Waals surface area contributed by atoms with Crippen molar-refractivity contribution >= 4 is 28.6 Å². The number of hydrogen-bond donors (Lipinski definition) is 1. The van der Waals surface area contributed by atoms with Crippen LogP contribution in [0.4, 0.5) is 0 Å². The number of carbonyl (C=O) groups excluding carboxylic acids is 3. The summed E-state index contributed by atoms with van der Waals surface area (Å²) in [5.74, 6) is -1.66. The summed E-state index contributed by atoms with van der Waals surface area (Å²) in [5, 5.41) is 5.15. The minimum atomic E-state index is -1.11. The second-order valence-corrected chi connectivity index (χ2v) is 8.58. The molecule has 4 rings (SSSR count). The molecule has 1 heterocycles. The van der Waals surface area contributed by atoms with Crippen LogP contribution in [-0.2, 0) is 25.7 Å². The molecule has 2 amide bonds. The number of hydrogen-bond acceptors (Lipinski definition) is 4. The summed E-state index contributed by atoms with van der Waals surface area (Å²) in [7, 11) is 0. The number of fused-ring (bicyclic) bond motifs is 2. The first-order valence-corrected chi connectivity index (χ1v) is 11.6. The van der Waals surface area contributed by atoms with Gasteiger partial charge in [-0.1, -0.05) is 54.6 Å². The highest BCUT2D eigenvalue weighted by Gasteiger charge is 2.61. The number of allylic oxidation sites excluding steroid dienone is 1. The highest BCUT2D eigenvalue weighted by atomic mass is 16.5. The van der Waals surface area contributed by atoms with E-state index in [2.05, 4.69) is 11.9 Å². The Hall–Kier alpha value is -3.41. The van der Waals surface area contributed by atoms with Crippen LogP contribution in [0.1, 0.15) is 38.2 Å². The Labute approximate surface area is 194 Å². The molecule has 2 aromatic carbocycles. The van der Waals surface area contributed by atoms with Gasteiger partial charge in [0.05, 0.1) is 12.5 Å². The average molecular weight is 447 g/mol. The van der Waals surface area contributed by atoms with E-state index in [4.69, 9.17) is 4.74 Å². The van der Waals surface area contributed by atoms with Crippen molar-refractivity contribution in [3.05, 3.63) is 72.5 Å². The lowest BCUT2D eigenvalue weighted by atomic mass is 9.68. The van der Waals surface area contributed by atoms with Crippen LogP contribution in [0.2, 0.25) is 0 Å². The second-order valence-electron chi connectivity index (χ2n) is 8.58. The fourth-order valence-corrected chi connectivity index (χ4v) is 5.24. The van der Waals surface area contributed by atoms with E-state index in [-0.39, 0.29) is 24.8 Å². The predicted octanol–water partition coefficient (Wildman–Crippen LogP) is 4.11. The molecular weight excluding hydrogens is 416 g/mol. The maximum absolute atomic E-state index is 13.4. The topological polar surface area (TPSA) is 75.7 Å². The number of rotatable bonds is 8. The summed E-state index contributed by atoms with van der Waals surface area (Å²) in [5.41, 5.74) is 0.570. The van der Waals surface area contributed by atoms with E-state index in [1.165, 1.54) is 0 Å². The second kappa shape index (κ2) is 9.61. The van der Waals surface area contributed by atoms with Gasteiger partial charge in [-0.05, 0) is 42.5 Å². The van der Waals surface area contributed by atoms with Gasteiger partial charge in [-0.15, -0.1) is 6.58 Å². The van der Waals surface area contributed by atoms with Gasteiger partial charge in [0, 0.05) is 25.2 Å². The van der Waals surface area contributed by atoms with Crippen LogP contribution in [0.3, 0.4) is 0 Å². The molecule has 2 aromatic rings. The summed E-state index contributed by atoms with van der Waals surface area (Å²) in [6.45, 7) is 6.40. The predicted molar refractivity (Wildman–Crippen MR) is 127 cm³/mol. The smallest absolute Gasteiger partial charge is 0.318 e. The molecule has 1 aliphatic heterocycles. The first kappa shape index (κ1) is 22.8. The largest absolute Gasteiger partial charge is 0.465 e. The van der Waals surface area contributed by atoms with Crippen LogP contribution in [0.25, 0.3) is 10.8 Å². The molecule has 2 atom stereocenters. The van der Waals surface area contributed by atoms with Gasteiger partial charge in [-0.3, -0.25) is 14.4 Å². The highest BCUT2D eigenvalue weighted by Crippen LogP contribution is 2.53. The maximum atomic E-state index is 13.4. The molecule has 0 saturated carbocycles. The summed E-state index contributed by atoms with van der Waals surface area (Å²) in [6.07, 6.45) is 5.59. The third-order valence-corrected chi connectivity index (χ3v) is 6.72. The fourth-order valence-electron chi connectivity index (χ4n) is 5.24. The molecule has 172 valence electrons. The Kier molecular flexibility index (Phi) is 6.63. The molecule has 1 N–H and O–H groups in total. The van der Waals surface area contributed by atoms with Gasteiger partial charge in [0.2, 0.25) is 11.8 Å². The number of nitrogens with one attached hydrogen (secondary N) is 1. The van der Waals surface area contributed by atoms with Gasteiger partial charge in [-0.25, -0.2) is 0 Å². The Morgan fingerprint density at radius 3 is 2.82 bits per heavy atom. The van der Waals surface area contributed by atoms with Crippen molar-refractivity contribution in [1.82, 2.24) is 10.2 Å². The van der Waals surface area contributed by atoms with Gasteiger partial charge >= 0.3 is 5.97 Å². The van der Waals surface area contributed by atoms with E-state index < -0.39 is 17.3 Å². The van der Waals surface area contributed by atoms with Gasteiger partial charge in [0.1, 0.15) is 5.41 Å². The van der Waals surface area contributed by atoms with E-state index in [9.17, 15) is 14.4 Å². The lowest BCUT2D eigenvalue weighted by Crippen LogP contribution is -2.43. The molecule has 0 aromatic heterocycles. The molecule has 0 radical (unpaired) electrons. The van der Waals surface area contributed by atoms with Crippen LogP contribution in [0, 0.1) is 11.3 Å². The zero-order valence-electron chi connectivity index (χ0n) is 19.0. The number of amides is 2. The van der Waals surface area contributed by atoms with Crippen LogP contribution in [0.5, 0.6) is 0 Å². The zero-order chi connectivity index (χ0) is 23.4. The summed E-state index contributed by atoms with van der Waals surface area (Å²) in [6, 6.07) is 14.0. The van der Waals surface area contributed by atoms with Gasteiger partial charge in [0.25, 0.3) is 0 Å². The SMILES string of the molecule is C=CCN1C(=O)[C@H](CC(=O)NCc2cccc3ccccc23)[C@@]2(C(=O)OCC)CCCC=C12. The number of ether oxygens (including phenoxy) is 1. The number of likely N-dealkylation sites (tertiary alicyclic amines) is 1. The molecule has 33 heavy (non-hydrogen) atoms. The monoisotopic (exact) mass is 446 g/mol. The quantitative estimate of drug-likeness (QED) is 0.489. The van der Waals surface area contributed by atoms with Crippen molar-refractivity contribution in [1.29, 1.82) is 0 Å². The zero-order valence-corrected chi connectivity index (χ0v) is 19.0. The molecule has 0 unspecified atom stereocenters. The average Bonchev–Trinajstić information content (AvgIpc) is 3.07. The Morgan fingerprint density at radius 1 is 1.24 bits per heavy atom. The Balaban J connectivity index is 1.58. The van der Waals surface area contributed by atoms with E-state index >= 15 is 0 Å². The van der Waals surface area contributed by atoms with Crippen LogP contribution < -0.4 is 5.32 Å². The molecule has 0 spiro atoms. The minimum Gasteiger partial charge on any atom is -0.465 e. The molecule has 0 bridgehead atoms. The molecular formula is C27H30N2O4. The molecule has 2 aliphatic rings. The lowest BCUT2D eigenvalue weighted by molar-refractivity contribution is -0.158. The van der Waals surface area contributed by atoms with Crippen molar-refractivity contribution in [3.8, 4) is 0 Å². The number of esters is 1. The Bertz CT molecular complexity index is 1120. The van der Waals surface area contributed by atoms with Gasteiger partial charge in [-0.2, -0.15) is 0 Å². The summed E-state index contributed by atoms with van der Waals surface area (Å²) >= 11 is 0. The molecule has 6 heteroatoms. The fraction of sp³-hybridized carbons (Fsp3) is 0.370. The molecule has 1 fully saturated rings. The number of benzene rings is 2. The maximum Gasteiger partial charge on any atom is 0.318 e. The van der Waals surface area contributed by atoms with Crippen molar-refractivity contribution in [2.75, 3.05) is 13.2 Å². The van der Waals surface area contributed by atoms with Crippen LogP contribution in [0.15, 0.2) is 66.9 Å². The third-order valence-electron chi connectivity index (χ3n) is 6.72. The normalized spacial score (nSPS) is 22.0. The van der Waals surface area contributed by atoms with Crippen molar-refractivity contribution in [2.45, 2.75) is 39.2 Å². The van der Waals surface area contributed by atoms with E-state index in [0.29, 0.717) is 25.2 Å². The van der Waals surface area contributed by atoms with Gasteiger partial charge in [0.15, 0.2) is 0 Å². The van der Waals surface area contributed by atoms with Crippen molar-refractivity contribution in [2.24, 2.45) is 11.3 Å². The van der Waals surface area contributed by atoms with E-state index in [1.807, 2.05) is 48.5 Å². The van der Waals surface area contributed by atoms with Gasteiger partial charge < -0.3 is 15.0 Å². The first-order chi connectivity index (χ1) is 16.0. The highest BCUT2D eigenvalue weighted by molar-refractivity contribution is 5.99. The molecule has 1 aliphatic carbocycles. The molecule has 1 saturated heterocycles. The standard InChI is InChI=1S/C27H30N2O4/c1-3-16-29-23-14-7-8-15-27(23,26(32)33-4-2)22(25(29)31)17-24(30)28-18-20-12-9-11-19-10-5-6-13-21(19)20/h3,5-6,9-14,22H,1,4,7-8,15-18H2,2H3,(H,28,30)/t22-,27-/m0/s1. The first-order valence-electron chi connectivity index (χ1n) is 11.6. The van der Waals surface area contributed by atoms with Crippen LogP contribution >= 0.6 is 0 Å². The number of nitrogens with zero attached hydrogens (tertiary/aromatic N) is 1. The minimum absolute atomic E-state index is 0.0621. The number of carbonyl (C=O) groups is 3. The summed E-state index contributed by atoms with van der Waals surface area (Å²) < 4.78 is 5.43. The Morgan fingerprint density at radius 2 is 2.03 bits per heavy atom. The van der Waals surface area contributed by atoms with E-state index in [1.54, 1.807) is 17.9 Å².